The molecule has 4 rings (SSSR count). The van der Waals surface area contributed by atoms with Gasteiger partial charge in [-0.2, -0.15) is 13.7 Å². The van der Waals surface area contributed by atoms with Gasteiger partial charge < -0.3 is 0 Å². The largest absolute Gasteiger partial charge is 0.326 e. The molecule has 1 saturated carbocycles. The van der Waals surface area contributed by atoms with Gasteiger partial charge >= 0.3 is 10.2 Å². The summed E-state index contributed by atoms with van der Waals surface area (Å²) < 4.78 is 28.5. The van der Waals surface area contributed by atoms with Crippen molar-refractivity contribution in [1.29, 1.82) is 5.26 Å². The highest BCUT2D eigenvalue weighted by atomic mass is 32.2. The van der Waals surface area contributed by atoms with Crippen LogP contribution in [-0.4, -0.2) is 22.0 Å². The average molecular weight is 353 g/mol. The van der Waals surface area contributed by atoms with Crippen LogP contribution in [0, 0.1) is 17.2 Å². The first kappa shape index (κ1) is 16.0. The van der Waals surface area contributed by atoms with Crippen molar-refractivity contribution in [3.05, 3.63) is 48.0 Å². The van der Waals surface area contributed by atoms with Gasteiger partial charge in [0.1, 0.15) is 0 Å². The normalized spacial score (nSPS) is 18.6. The highest BCUT2D eigenvalue weighted by Crippen LogP contribution is 2.44. The molecule has 0 aromatic heterocycles. The van der Waals surface area contributed by atoms with Gasteiger partial charge in [0.25, 0.3) is 0 Å². The molecule has 0 spiro atoms. The van der Waals surface area contributed by atoms with Gasteiger partial charge in [0.2, 0.25) is 0 Å². The van der Waals surface area contributed by atoms with Crippen molar-refractivity contribution in [2.24, 2.45) is 5.92 Å². The zero-order valence-electron chi connectivity index (χ0n) is 14.0. The van der Waals surface area contributed by atoms with E-state index >= 15 is 0 Å². The fourth-order valence-corrected chi connectivity index (χ4v) is 4.98. The van der Waals surface area contributed by atoms with E-state index in [4.69, 9.17) is 0 Å². The van der Waals surface area contributed by atoms with Crippen LogP contribution in [0.25, 0.3) is 11.1 Å². The lowest BCUT2D eigenvalue weighted by Crippen LogP contribution is -2.39. The Balaban J connectivity index is 1.78. The first-order valence-corrected chi connectivity index (χ1v) is 9.82. The number of nitrogens with zero attached hydrogens (tertiary/aromatic N) is 3. The summed E-state index contributed by atoms with van der Waals surface area (Å²) in [4.78, 5) is 0. The molecule has 1 aliphatic heterocycles. The summed E-state index contributed by atoms with van der Waals surface area (Å²) in [7, 11) is -1.92. The maximum atomic E-state index is 12.8. The van der Waals surface area contributed by atoms with Crippen molar-refractivity contribution < 1.29 is 8.42 Å². The highest BCUT2D eigenvalue weighted by Gasteiger charge is 2.40. The molecule has 0 bridgehead atoms. The van der Waals surface area contributed by atoms with Crippen molar-refractivity contribution in [3.63, 3.8) is 0 Å². The lowest BCUT2D eigenvalue weighted by atomic mass is 9.85. The highest BCUT2D eigenvalue weighted by molar-refractivity contribution is 7.94. The van der Waals surface area contributed by atoms with Gasteiger partial charge in [0.05, 0.1) is 23.0 Å². The predicted octanol–water partition coefficient (Wildman–Crippen LogP) is 3.53. The molecular formula is C19H19N3O2S. The predicted molar refractivity (Wildman–Crippen MR) is 98.6 cm³/mol. The molecule has 5 nitrogen and oxygen atoms in total. The number of benzene rings is 2. The maximum absolute atomic E-state index is 12.8. The van der Waals surface area contributed by atoms with E-state index < -0.39 is 10.2 Å². The lowest BCUT2D eigenvalue weighted by molar-refractivity contribution is 0.326. The minimum atomic E-state index is -3.51. The Kier molecular flexibility index (Phi) is 3.69. The van der Waals surface area contributed by atoms with Gasteiger partial charge in [-0.3, -0.25) is 8.61 Å². The second-order valence-corrected chi connectivity index (χ2v) is 8.55. The Morgan fingerprint density at radius 1 is 1.16 bits per heavy atom. The van der Waals surface area contributed by atoms with Crippen LogP contribution in [0.15, 0.2) is 42.5 Å². The van der Waals surface area contributed by atoms with Gasteiger partial charge in [-0.15, -0.1) is 0 Å². The van der Waals surface area contributed by atoms with Crippen LogP contribution in [0.4, 0.5) is 11.4 Å². The van der Waals surface area contributed by atoms with E-state index in [1.165, 1.54) is 15.0 Å². The number of hydrogen-bond acceptors (Lipinski definition) is 3. The number of hydrogen-bond donors (Lipinski definition) is 0. The van der Waals surface area contributed by atoms with Gasteiger partial charge in [-0.05, 0) is 48.1 Å². The van der Waals surface area contributed by atoms with Crippen LogP contribution in [-0.2, 0) is 10.2 Å². The summed E-state index contributed by atoms with van der Waals surface area (Å²) in [5.74, 6) is 0.452. The molecule has 2 aromatic rings. The quantitative estimate of drug-likeness (QED) is 0.848. The third-order valence-electron chi connectivity index (χ3n) is 5.22. The summed E-state index contributed by atoms with van der Waals surface area (Å²) in [5.41, 5.74) is 3.65. The molecule has 1 heterocycles. The Hall–Kier alpha value is -2.52. The standard InChI is InChI=1S/C19H19N3O2S/c1-21-19-11-15(17-8-3-2-7-16(17)12-20)9-10-18(19)22(25(21,23)24)13-14-5-4-6-14/h2-3,7-11,14H,4-6,13H2,1H3. The molecule has 6 heteroatoms. The number of fused-ring (bicyclic) bond motifs is 1. The molecule has 0 atom stereocenters. The Morgan fingerprint density at radius 2 is 1.92 bits per heavy atom. The van der Waals surface area contributed by atoms with Gasteiger partial charge in [0, 0.05) is 13.6 Å². The van der Waals surface area contributed by atoms with Crippen LogP contribution >= 0.6 is 0 Å². The van der Waals surface area contributed by atoms with Crippen LogP contribution in [0.2, 0.25) is 0 Å². The monoisotopic (exact) mass is 353 g/mol. The van der Waals surface area contributed by atoms with E-state index in [0.717, 1.165) is 29.7 Å². The first-order chi connectivity index (χ1) is 12.0. The molecular weight excluding hydrogens is 334 g/mol. The van der Waals surface area contributed by atoms with Crippen molar-refractivity contribution in [2.75, 3.05) is 22.2 Å². The van der Waals surface area contributed by atoms with E-state index in [1.807, 2.05) is 36.4 Å². The second-order valence-electron chi connectivity index (χ2n) is 6.66. The third kappa shape index (κ3) is 2.47. The molecule has 2 aliphatic rings. The minimum Gasteiger partial charge on any atom is -0.254 e. The van der Waals surface area contributed by atoms with E-state index in [-0.39, 0.29) is 0 Å². The topological polar surface area (TPSA) is 64.4 Å². The summed E-state index contributed by atoms with van der Waals surface area (Å²) >= 11 is 0. The molecule has 0 radical (unpaired) electrons. The van der Waals surface area contributed by atoms with Crippen molar-refractivity contribution in [2.45, 2.75) is 19.3 Å². The van der Waals surface area contributed by atoms with E-state index in [2.05, 4.69) is 6.07 Å². The number of nitriles is 1. The van der Waals surface area contributed by atoms with Gasteiger partial charge in [-0.25, -0.2) is 0 Å². The smallest absolute Gasteiger partial charge is 0.254 e. The molecule has 0 saturated heterocycles. The van der Waals surface area contributed by atoms with Crippen LogP contribution in [0.1, 0.15) is 24.8 Å². The zero-order chi connectivity index (χ0) is 17.6. The first-order valence-electron chi connectivity index (χ1n) is 8.42. The Morgan fingerprint density at radius 3 is 2.60 bits per heavy atom. The summed E-state index contributed by atoms with van der Waals surface area (Å²) in [5, 5.41) is 9.32. The number of rotatable bonds is 3. The fourth-order valence-electron chi connectivity index (χ4n) is 3.49. The maximum Gasteiger partial charge on any atom is 0.326 e. The lowest BCUT2D eigenvalue weighted by Gasteiger charge is -2.30. The van der Waals surface area contributed by atoms with E-state index in [1.54, 1.807) is 13.1 Å². The Labute approximate surface area is 148 Å². The second kappa shape index (κ2) is 5.78. The molecule has 2 aromatic carbocycles. The van der Waals surface area contributed by atoms with Crippen molar-refractivity contribution in [1.82, 2.24) is 0 Å². The summed E-state index contributed by atoms with van der Waals surface area (Å²) in [6.07, 6.45) is 3.38. The van der Waals surface area contributed by atoms with Crippen LogP contribution in [0.5, 0.6) is 0 Å². The van der Waals surface area contributed by atoms with E-state index in [0.29, 0.717) is 23.7 Å². The molecule has 25 heavy (non-hydrogen) atoms. The average Bonchev–Trinajstić information content (AvgIpc) is 2.77. The molecule has 0 amide bonds. The molecule has 0 unspecified atom stereocenters. The number of anilines is 2. The molecule has 0 N–H and O–H groups in total. The summed E-state index contributed by atoms with van der Waals surface area (Å²) in [6.45, 7) is 0.549. The Bertz CT molecular complexity index is 974. The summed E-state index contributed by atoms with van der Waals surface area (Å²) in [6, 6.07) is 15.2. The van der Waals surface area contributed by atoms with Gasteiger partial charge in [0.15, 0.2) is 0 Å². The van der Waals surface area contributed by atoms with Gasteiger partial charge in [-0.1, -0.05) is 30.7 Å². The molecule has 128 valence electrons. The SMILES string of the molecule is CN1c2cc(-c3ccccc3C#N)ccc2N(CC2CCC2)S1(=O)=O. The third-order valence-corrected chi connectivity index (χ3v) is 7.01. The van der Waals surface area contributed by atoms with E-state index in [9.17, 15) is 13.7 Å². The fraction of sp³-hybridized carbons (Fsp3) is 0.316. The van der Waals surface area contributed by atoms with Crippen molar-refractivity contribution >= 4 is 21.6 Å². The van der Waals surface area contributed by atoms with Crippen molar-refractivity contribution in [3.8, 4) is 17.2 Å². The van der Waals surface area contributed by atoms with Crippen LogP contribution in [0.3, 0.4) is 0 Å². The molecule has 1 fully saturated rings. The molecule has 1 aliphatic carbocycles. The van der Waals surface area contributed by atoms with Crippen LogP contribution < -0.4 is 8.61 Å². The minimum absolute atomic E-state index is 0.452. The zero-order valence-corrected chi connectivity index (χ0v) is 14.8.